The lowest BCUT2D eigenvalue weighted by atomic mass is 9.99. The van der Waals surface area contributed by atoms with E-state index in [-0.39, 0.29) is 6.04 Å². The topological polar surface area (TPSA) is 49.0 Å². The van der Waals surface area contributed by atoms with Crippen molar-refractivity contribution in [2.45, 2.75) is 38.4 Å². The van der Waals surface area contributed by atoms with E-state index in [0.29, 0.717) is 18.2 Å². The smallest absolute Gasteiger partial charge is 0.255 e. The fourth-order valence-electron chi connectivity index (χ4n) is 2.92. The average molecular weight is 330 g/mol. The van der Waals surface area contributed by atoms with E-state index in [1.807, 2.05) is 11.8 Å². The molecule has 1 aromatic carbocycles. The van der Waals surface area contributed by atoms with Gasteiger partial charge in [0.15, 0.2) is 0 Å². The number of halogens is 3. The van der Waals surface area contributed by atoms with Crippen LogP contribution >= 0.6 is 0 Å². The van der Waals surface area contributed by atoms with Crippen LogP contribution in [0.3, 0.4) is 0 Å². The van der Waals surface area contributed by atoms with E-state index in [1.165, 1.54) is 24.3 Å². The summed E-state index contributed by atoms with van der Waals surface area (Å²) >= 11 is 0. The van der Waals surface area contributed by atoms with E-state index in [9.17, 15) is 18.0 Å². The van der Waals surface area contributed by atoms with Gasteiger partial charge >= 0.3 is 0 Å². The summed E-state index contributed by atoms with van der Waals surface area (Å²) in [5.41, 5.74) is 0.610. The predicted octanol–water partition coefficient (Wildman–Crippen LogP) is 0.904. The molecule has 2 rings (SSSR count). The molecule has 0 spiro atoms. The monoisotopic (exact) mass is 330 g/mol. The Bertz CT molecular complexity index is 524. The molecular formula is C16H23F3N3O+. The van der Waals surface area contributed by atoms with E-state index in [0.717, 1.165) is 6.54 Å². The van der Waals surface area contributed by atoms with Gasteiger partial charge in [-0.3, -0.25) is 9.69 Å². The highest BCUT2D eigenvalue weighted by Crippen LogP contribution is 2.24. The molecule has 1 aliphatic heterocycles. The molecule has 1 amide bonds. The molecule has 1 saturated heterocycles. The third-order valence-corrected chi connectivity index (χ3v) is 4.14. The van der Waals surface area contributed by atoms with Crippen LogP contribution in [0.5, 0.6) is 0 Å². The fourth-order valence-corrected chi connectivity index (χ4v) is 2.92. The van der Waals surface area contributed by atoms with Crippen molar-refractivity contribution in [1.82, 2.24) is 10.2 Å². The zero-order valence-corrected chi connectivity index (χ0v) is 13.3. The molecule has 3 atom stereocenters. The number of benzene rings is 1. The Balaban J connectivity index is 2.26. The summed E-state index contributed by atoms with van der Waals surface area (Å²) in [7, 11) is 0. The van der Waals surface area contributed by atoms with Crippen molar-refractivity contribution in [2.75, 3.05) is 19.6 Å². The van der Waals surface area contributed by atoms with Crippen LogP contribution in [0.25, 0.3) is 0 Å². The molecular weight excluding hydrogens is 307 g/mol. The van der Waals surface area contributed by atoms with Gasteiger partial charge < -0.3 is 10.6 Å². The number of nitrogens with one attached hydrogen (secondary N) is 1. The molecule has 3 N–H and O–H groups in total. The molecule has 1 fully saturated rings. The van der Waals surface area contributed by atoms with Gasteiger partial charge in [-0.25, -0.2) is 13.2 Å². The SMILES string of the molecule is CC1CN(C(C(=O)NCC(F)F)c2ccc(F)cc2)C(C)C[NH2+]1. The second-order valence-electron chi connectivity index (χ2n) is 6.08. The second-order valence-corrected chi connectivity index (χ2v) is 6.08. The number of alkyl halides is 2. The Morgan fingerprint density at radius 2 is 2.00 bits per heavy atom. The van der Waals surface area contributed by atoms with Gasteiger partial charge in [0.25, 0.3) is 6.43 Å². The number of hydrogen-bond donors (Lipinski definition) is 2. The molecule has 3 unspecified atom stereocenters. The van der Waals surface area contributed by atoms with Gasteiger partial charge in [0, 0.05) is 0 Å². The Kier molecular flexibility index (Phi) is 6.01. The Labute approximate surface area is 134 Å². The second kappa shape index (κ2) is 7.79. The maximum atomic E-state index is 13.2. The van der Waals surface area contributed by atoms with Gasteiger partial charge in [0.2, 0.25) is 5.91 Å². The molecule has 7 heteroatoms. The Morgan fingerprint density at radius 3 is 2.61 bits per heavy atom. The molecule has 1 aromatic rings. The zero-order chi connectivity index (χ0) is 17.0. The number of carbonyl (C=O) groups is 1. The minimum Gasteiger partial charge on any atom is -0.349 e. The standard InChI is InChI=1S/C16H22F3N3O/c1-10-9-22(11(2)7-20-10)15(16(23)21-8-14(18)19)12-3-5-13(17)6-4-12/h3-6,10-11,14-15,20H,7-9H2,1-2H3,(H,21,23)/p+1. The van der Waals surface area contributed by atoms with Crippen LogP contribution in [0.2, 0.25) is 0 Å². The van der Waals surface area contributed by atoms with Gasteiger partial charge in [-0.15, -0.1) is 0 Å². The highest BCUT2D eigenvalue weighted by Gasteiger charge is 2.36. The quantitative estimate of drug-likeness (QED) is 0.843. The van der Waals surface area contributed by atoms with Gasteiger partial charge in [0.05, 0.1) is 31.7 Å². The maximum Gasteiger partial charge on any atom is 0.255 e. The number of quaternary nitrogens is 1. The lowest BCUT2D eigenvalue weighted by Gasteiger charge is -2.39. The van der Waals surface area contributed by atoms with Crippen molar-refractivity contribution < 1.29 is 23.3 Å². The van der Waals surface area contributed by atoms with Crippen molar-refractivity contribution >= 4 is 5.91 Å². The first-order valence-electron chi connectivity index (χ1n) is 7.79. The average Bonchev–Trinajstić information content (AvgIpc) is 2.51. The van der Waals surface area contributed by atoms with Gasteiger partial charge in [0.1, 0.15) is 11.9 Å². The lowest BCUT2D eigenvalue weighted by Crippen LogP contribution is -2.96. The number of piperazine rings is 1. The minimum atomic E-state index is -2.60. The molecule has 0 saturated carbocycles. The van der Waals surface area contributed by atoms with E-state index < -0.39 is 30.7 Å². The summed E-state index contributed by atoms with van der Waals surface area (Å²) < 4.78 is 38.0. The van der Waals surface area contributed by atoms with Crippen LogP contribution < -0.4 is 10.6 Å². The first-order chi connectivity index (χ1) is 10.9. The number of nitrogens with two attached hydrogens (primary N) is 1. The third-order valence-electron chi connectivity index (χ3n) is 4.14. The summed E-state index contributed by atoms with van der Waals surface area (Å²) in [5.74, 6) is -0.869. The minimum absolute atomic E-state index is 0.110. The van der Waals surface area contributed by atoms with Crippen LogP contribution in [0.1, 0.15) is 25.5 Å². The highest BCUT2D eigenvalue weighted by molar-refractivity contribution is 5.83. The molecule has 1 heterocycles. The van der Waals surface area contributed by atoms with Crippen LogP contribution in [0.4, 0.5) is 13.2 Å². The van der Waals surface area contributed by atoms with Crippen molar-refractivity contribution in [3.8, 4) is 0 Å². The Hall–Kier alpha value is -1.60. The van der Waals surface area contributed by atoms with Crippen LogP contribution in [-0.4, -0.2) is 49.0 Å². The molecule has 4 nitrogen and oxygen atoms in total. The van der Waals surface area contributed by atoms with Crippen molar-refractivity contribution in [2.24, 2.45) is 0 Å². The van der Waals surface area contributed by atoms with E-state index in [4.69, 9.17) is 0 Å². The largest absolute Gasteiger partial charge is 0.349 e. The maximum absolute atomic E-state index is 13.2. The lowest BCUT2D eigenvalue weighted by molar-refractivity contribution is -0.700. The summed E-state index contributed by atoms with van der Waals surface area (Å²) in [4.78, 5) is 14.5. The van der Waals surface area contributed by atoms with E-state index in [1.54, 1.807) is 0 Å². The van der Waals surface area contributed by atoms with Crippen LogP contribution in [-0.2, 0) is 4.79 Å². The summed E-state index contributed by atoms with van der Waals surface area (Å²) in [6.45, 7) is 4.85. The highest BCUT2D eigenvalue weighted by atomic mass is 19.3. The van der Waals surface area contributed by atoms with Crippen molar-refractivity contribution in [3.63, 3.8) is 0 Å². The van der Waals surface area contributed by atoms with E-state index >= 15 is 0 Å². The molecule has 0 aliphatic carbocycles. The van der Waals surface area contributed by atoms with Crippen LogP contribution in [0, 0.1) is 5.82 Å². The normalized spacial score (nSPS) is 23.7. The molecule has 0 aromatic heterocycles. The van der Waals surface area contributed by atoms with Gasteiger partial charge in [-0.05, 0) is 31.5 Å². The molecule has 0 bridgehead atoms. The molecule has 128 valence electrons. The predicted molar refractivity (Wildman–Crippen MR) is 80.6 cm³/mol. The number of rotatable bonds is 5. The first kappa shape index (κ1) is 17.7. The van der Waals surface area contributed by atoms with Crippen molar-refractivity contribution in [1.29, 1.82) is 0 Å². The van der Waals surface area contributed by atoms with Gasteiger partial charge in [-0.1, -0.05) is 12.1 Å². The van der Waals surface area contributed by atoms with E-state index in [2.05, 4.69) is 17.6 Å². The summed E-state index contributed by atoms with van der Waals surface area (Å²) in [5, 5.41) is 4.49. The summed E-state index contributed by atoms with van der Waals surface area (Å²) in [6, 6.07) is 5.37. The number of hydrogen-bond acceptors (Lipinski definition) is 2. The number of carbonyl (C=O) groups excluding carboxylic acids is 1. The molecule has 0 radical (unpaired) electrons. The summed E-state index contributed by atoms with van der Waals surface area (Å²) in [6.07, 6.45) is -2.60. The van der Waals surface area contributed by atoms with Gasteiger partial charge in [-0.2, -0.15) is 0 Å². The zero-order valence-electron chi connectivity index (χ0n) is 13.3. The first-order valence-corrected chi connectivity index (χ1v) is 7.79. The van der Waals surface area contributed by atoms with Crippen LogP contribution in [0.15, 0.2) is 24.3 Å². The molecule has 23 heavy (non-hydrogen) atoms. The fraction of sp³-hybridized carbons (Fsp3) is 0.562. The third kappa shape index (κ3) is 4.68. The molecule has 1 aliphatic rings. The Morgan fingerprint density at radius 1 is 1.35 bits per heavy atom. The number of nitrogens with zero attached hydrogens (tertiary/aromatic N) is 1. The number of amides is 1. The van der Waals surface area contributed by atoms with Crippen molar-refractivity contribution in [3.05, 3.63) is 35.6 Å².